The highest BCUT2D eigenvalue weighted by Gasteiger charge is 2.48. The van der Waals surface area contributed by atoms with Gasteiger partial charge in [0.2, 0.25) is 0 Å². The Balaban J connectivity index is 1.58. The van der Waals surface area contributed by atoms with E-state index >= 15 is 0 Å². The number of urea groups is 1. The van der Waals surface area contributed by atoms with Crippen LogP contribution in [0, 0.1) is 5.92 Å². The van der Waals surface area contributed by atoms with Gasteiger partial charge in [-0.15, -0.1) is 0 Å². The van der Waals surface area contributed by atoms with Crippen LogP contribution in [0.25, 0.3) is 0 Å². The van der Waals surface area contributed by atoms with E-state index in [2.05, 4.69) is 41.8 Å². The Morgan fingerprint density at radius 1 is 0.872 bits per heavy atom. The summed E-state index contributed by atoms with van der Waals surface area (Å²) in [6, 6.07) is 20.2. The molecule has 0 aliphatic heterocycles. The first-order valence-corrected chi connectivity index (χ1v) is 13.9. The zero-order valence-electron chi connectivity index (χ0n) is 21.4. The van der Waals surface area contributed by atoms with E-state index in [0.29, 0.717) is 12.1 Å². The van der Waals surface area contributed by atoms with Crippen molar-refractivity contribution in [3.05, 3.63) is 90.0 Å². The average molecular weight is 567 g/mol. The van der Waals surface area contributed by atoms with E-state index in [4.69, 9.17) is 0 Å². The fourth-order valence-corrected chi connectivity index (χ4v) is 9.12. The van der Waals surface area contributed by atoms with Crippen molar-refractivity contribution in [1.29, 1.82) is 0 Å². The Hall–Kier alpha value is -3.06. The summed E-state index contributed by atoms with van der Waals surface area (Å²) in [6.07, 6.45) is -7.31. The van der Waals surface area contributed by atoms with E-state index in [1.807, 2.05) is 43.3 Å². The number of hydrogen-bond donors (Lipinski definition) is 2. The third-order valence-corrected chi connectivity index (χ3v) is 10.6. The molecule has 10 heteroatoms. The predicted octanol–water partition coefficient (Wildman–Crippen LogP) is 7.93. The number of halogens is 6. The van der Waals surface area contributed by atoms with Crippen LogP contribution in [0.1, 0.15) is 44.2 Å². The van der Waals surface area contributed by atoms with E-state index < -0.39 is 43.1 Å². The van der Waals surface area contributed by atoms with Gasteiger partial charge in [0, 0.05) is 16.9 Å². The lowest BCUT2D eigenvalue weighted by Crippen LogP contribution is -2.48. The maximum absolute atomic E-state index is 13.2. The van der Waals surface area contributed by atoms with E-state index in [9.17, 15) is 31.1 Å². The van der Waals surface area contributed by atoms with Gasteiger partial charge in [-0.1, -0.05) is 74.0 Å². The van der Waals surface area contributed by atoms with E-state index in [1.54, 1.807) is 0 Å². The molecule has 1 fully saturated rings. The third-order valence-electron chi connectivity index (χ3n) is 7.34. The van der Waals surface area contributed by atoms with Crippen LogP contribution < -0.4 is 21.2 Å². The molecule has 0 heterocycles. The first-order chi connectivity index (χ1) is 18.3. The van der Waals surface area contributed by atoms with E-state index in [0.717, 1.165) is 19.3 Å². The molecule has 0 aromatic heterocycles. The number of rotatable bonds is 6. The van der Waals surface area contributed by atoms with Gasteiger partial charge in [-0.05, 0) is 62.4 Å². The molecule has 39 heavy (non-hydrogen) atoms. The standard InChI is InChI=1S/C29H29F6N2OP/c1-19(36-26(38)37-22-17-20(28(30,31)32)16-21(18-22)29(33,34)35)25-14-9-15-27(25,2)39(23-10-5-3-6-11-23)24-12-7-4-8-13-24/h3-8,10-13,16-19,25H,9,14-15H2,1-2H3,(H2,36,37,38)/t19-,25+,27?/m1/s1. The van der Waals surface area contributed by atoms with Crippen molar-refractivity contribution in [3.8, 4) is 0 Å². The Kier molecular flexibility index (Phi) is 8.31. The molecule has 1 unspecified atom stereocenters. The molecule has 0 bridgehead atoms. The van der Waals surface area contributed by atoms with Crippen LogP contribution in [0.2, 0.25) is 0 Å². The number of carbonyl (C=O) groups excluding carboxylic acids is 1. The summed E-state index contributed by atoms with van der Waals surface area (Å²) in [5, 5.41) is 7.19. The minimum atomic E-state index is -5.00. The van der Waals surface area contributed by atoms with Crippen molar-refractivity contribution in [1.82, 2.24) is 5.32 Å². The van der Waals surface area contributed by atoms with Crippen molar-refractivity contribution < 1.29 is 31.1 Å². The number of nitrogens with one attached hydrogen (secondary N) is 2. The average Bonchev–Trinajstić information content (AvgIpc) is 3.26. The number of carbonyl (C=O) groups is 1. The second-order valence-corrected chi connectivity index (χ2v) is 12.8. The summed E-state index contributed by atoms with van der Waals surface area (Å²) < 4.78 is 79.4. The van der Waals surface area contributed by atoms with Gasteiger partial charge in [0.05, 0.1) is 11.1 Å². The van der Waals surface area contributed by atoms with Crippen LogP contribution in [-0.2, 0) is 12.4 Å². The fraction of sp³-hybridized carbons (Fsp3) is 0.345. The zero-order chi connectivity index (χ0) is 28.4. The van der Waals surface area contributed by atoms with Crippen LogP contribution >= 0.6 is 7.92 Å². The molecule has 4 rings (SSSR count). The molecule has 0 spiro atoms. The van der Waals surface area contributed by atoms with Crippen LogP contribution in [0.15, 0.2) is 78.9 Å². The van der Waals surface area contributed by atoms with Gasteiger partial charge in [0.15, 0.2) is 0 Å². The number of amides is 2. The second-order valence-electron chi connectivity index (χ2n) is 10.0. The molecular formula is C29H29F6N2OP. The lowest BCUT2D eigenvalue weighted by atomic mass is 9.90. The molecular weight excluding hydrogens is 537 g/mol. The molecule has 1 aliphatic carbocycles. The normalized spacial score (nSPS) is 20.6. The lowest BCUT2D eigenvalue weighted by Gasteiger charge is -2.43. The second kappa shape index (κ2) is 11.2. The first kappa shape index (κ1) is 28.9. The maximum atomic E-state index is 13.2. The summed E-state index contributed by atoms with van der Waals surface area (Å²) in [7, 11) is -0.835. The van der Waals surface area contributed by atoms with Gasteiger partial charge in [-0.2, -0.15) is 26.3 Å². The quantitative estimate of drug-likeness (QED) is 0.231. The minimum absolute atomic E-state index is 0.0296. The molecule has 3 aromatic rings. The van der Waals surface area contributed by atoms with Gasteiger partial charge in [0.25, 0.3) is 0 Å². The minimum Gasteiger partial charge on any atom is -0.335 e. The van der Waals surface area contributed by atoms with Crippen LogP contribution in [0.5, 0.6) is 0 Å². The van der Waals surface area contributed by atoms with E-state index in [-0.39, 0.29) is 23.2 Å². The van der Waals surface area contributed by atoms with Gasteiger partial charge in [-0.25, -0.2) is 4.79 Å². The van der Waals surface area contributed by atoms with Gasteiger partial charge < -0.3 is 10.6 Å². The molecule has 208 valence electrons. The zero-order valence-corrected chi connectivity index (χ0v) is 22.3. The smallest absolute Gasteiger partial charge is 0.335 e. The van der Waals surface area contributed by atoms with Gasteiger partial charge >= 0.3 is 18.4 Å². The number of alkyl halides is 6. The SMILES string of the molecule is C[C@@H](NC(=O)Nc1cc(C(F)(F)F)cc(C(F)(F)F)c1)[C@@H]1CCCC1(C)P(c1ccccc1)c1ccccc1. The Bertz CT molecular complexity index is 1210. The van der Waals surface area contributed by atoms with Crippen molar-refractivity contribution in [3.63, 3.8) is 0 Å². The van der Waals surface area contributed by atoms with E-state index in [1.165, 1.54) is 10.6 Å². The number of anilines is 1. The highest BCUT2D eigenvalue weighted by atomic mass is 31.1. The van der Waals surface area contributed by atoms with Gasteiger partial charge in [-0.3, -0.25) is 0 Å². The van der Waals surface area contributed by atoms with Crippen molar-refractivity contribution in [2.24, 2.45) is 5.92 Å². The van der Waals surface area contributed by atoms with Crippen LogP contribution in [-0.4, -0.2) is 17.2 Å². The first-order valence-electron chi connectivity index (χ1n) is 12.6. The molecule has 1 saturated carbocycles. The lowest BCUT2D eigenvalue weighted by molar-refractivity contribution is -0.143. The summed E-state index contributed by atoms with van der Waals surface area (Å²) >= 11 is 0. The Morgan fingerprint density at radius 3 is 1.82 bits per heavy atom. The van der Waals surface area contributed by atoms with Crippen molar-refractivity contribution in [2.45, 2.75) is 56.7 Å². The monoisotopic (exact) mass is 566 g/mol. The Morgan fingerprint density at radius 2 is 1.36 bits per heavy atom. The largest absolute Gasteiger partial charge is 0.416 e. The highest BCUT2D eigenvalue weighted by Crippen LogP contribution is 2.59. The molecule has 1 aliphatic rings. The number of benzene rings is 3. The third kappa shape index (κ3) is 6.57. The van der Waals surface area contributed by atoms with Crippen molar-refractivity contribution in [2.75, 3.05) is 5.32 Å². The summed E-state index contributed by atoms with van der Waals surface area (Å²) in [5.74, 6) is 0.0296. The molecule has 3 aromatic carbocycles. The topological polar surface area (TPSA) is 41.1 Å². The predicted molar refractivity (Wildman–Crippen MR) is 143 cm³/mol. The van der Waals surface area contributed by atoms with Crippen LogP contribution in [0.3, 0.4) is 0 Å². The summed E-state index contributed by atoms with van der Waals surface area (Å²) in [5.41, 5.74) is -3.55. The van der Waals surface area contributed by atoms with Crippen molar-refractivity contribution >= 4 is 30.2 Å². The fourth-order valence-electron chi connectivity index (χ4n) is 5.64. The maximum Gasteiger partial charge on any atom is 0.416 e. The summed E-state index contributed by atoms with van der Waals surface area (Å²) in [4.78, 5) is 12.8. The molecule has 2 N–H and O–H groups in total. The molecule has 3 atom stereocenters. The Labute approximate surface area is 224 Å². The molecule has 0 saturated heterocycles. The molecule has 0 radical (unpaired) electrons. The van der Waals surface area contributed by atoms with Gasteiger partial charge in [0.1, 0.15) is 0 Å². The molecule has 3 nitrogen and oxygen atoms in total. The highest BCUT2D eigenvalue weighted by molar-refractivity contribution is 7.74. The molecule has 2 amide bonds. The summed E-state index contributed by atoms with van der Waals surface area (Å²) in [6.45, 7) is 4.06. The van der Waals surface area contributed by atoms with Crippen LogP contribution in [0.4, 0.5) is 36.8 Å². The number of hydrogen-bond acceptors (Lipinski definition) is 1.